The molecule has 0 aliphatic rings. The first kappa shape index (κ1) is 10.8. The van der Waals surface area contributed by atoms with E-state index >= 15 is 0 Å². The van der Waals surface area contributed by atoms with Gasteiger partial charge in [0.1, 0.15) is 0 Å². The van der Waals surface area contributed by atoms with Gasteiger partial charge < -0.3 is 0 Å². The number of hydrogen-bond donors (Lipinski definition) is 1. The molecule has 5 heteroatoms. The topological polar surface area (TPSA) is 33.0 Å². The third-order valence-corrected chi connectivity index (χ3v) is 2.10. The first-order valence-corrected chi connectivity index (χ1v) is 6.32. The molecule has 0 bridgehead atoms. The van der Waals surface area contributed by atoms with Crippen molar-refractivity contribution in [3.63, 3.8) is 0 Å². The van der Waals surface area contributed by atoms with Crippen LogP contribution in [0.25, 0.3) is 0 Å². The Bertz CT molecular complexity index is 94.1. The minimum absolute atomic E-state index is 0.0556. The molecule has 0 saturated carbocycles. The van der Waals surface area contributed by atoms with Crippen molar-refractivity contribution in [3.8, 4) is 0 Å². The molecular formula is C5H13Cl2O2S+. The minimum Gasteiger partial charge on any atom is -0.288 e. The first-order chi connectivity index (χ1) is 4.45. The Hall–Kier alpha value is 0.850. The van der Waals surface area contributed by atoms with Crippen molar-refractivity contribution < 1.29 is 8.74 Å². The maximum Gasteiger partial charge on any atom is 0.178 e. The summed E-state index contributed by atoms with van der Waals surface area (Å²) >= 11 is 0. The molecule has 0 aromatic heterocycles. The second kappa shape index (κ2) is 4.67. The van der Waals surface area contributed by atoms with Gasteiger partial charge in [0.2, 0.25) is 0 Å². The monoisotopic (exact) mass is 207 g/mol. The van der Waals surface area contributed by atoms with Crippen molar-refractivity contribution in [1.29, 1.82) is 0 Å². The fourth-order valence-corrected chi connectivity index (χ4v) is 2.04. The highest BCUT2D eigenvalue weighted by molar-refractivity contribution is 8.58. The standard InChI is InChI=1S/C5H12Cl2O2S/c1-3-4-5(2)9-10(6,7)8/h5,8H,3-4H2,1-2H3/p+1/t5-/m0/s1. The van der Waals surface area contributed by atoms with Crippen LogP contribution in [0.3, 0.4) is 0 Å². The van der Waals surface area contributed by atoms with Gasteiger partial charge in [-0.15, -0.1) is 0 Å². The quantitative estimate of drug-likeness (QED) is 0.707. The molecule has 0 saturated heterocycles. The van der Waals surface area contributed by atoms with Gasteiger partial charge in [-0.3, -0.25) is 4.18 Å². The number of halogens is 2. The van der Waals surface area contributed by atoms with Gasteiger partial charge in [-0.1, -0.05) is 6.92 Å². The van der Waals surface area contributed by atoms with Crippen molar-refractivity contribution in [1.82, 2.24) is 0 Å². The van der Waals surface area contributed by atoms with E-state index in [0.29, 0.717) is 0 Å². The average molecular weight is 208 g/mol. The van der Waals surface area contributed by atoms with E-state index in [0.717, 1.165) is 12.8 Å². The molecule has 0 heterocycles. The zero-order chi connectivity index (χ0) is 8.20. The van der Waals surface area contributed by atoms with Crippen molar-refractivity contribution in [3.05, 3.63) is 0 Å². The maximum absolute atomic E-state index is 8.86. The van der Waals surface area contributed by atoms with Crippen LogP contribution in [0, 0.1) is 0 Å². The summed E-state index contributed by atoms with van der Waals surface area (Å²) < 4.78 is 12.6. The molecule has 0 aliphatic heterocycles. The Morgan fingerprint density at radius 3 is 2.40 bits per heavy atom. The van der Waals surface area contributed by atoms with Gasteiger partial charge >= 0.3 is 0 Å². The minimum atomic E-state index is -2.68. The fraction of sp³-hybridized carbons (Fsp3) is 1.00. The number of hydrogen-bond acceptors (Lipinski definition) is 1. The molecule has 0 aromatic rings. The SMILES string of the molecule is CCC[C@H](C)[OH+]S(O)(Cl)Cl. The summed E-state index contributed by atoms with van der Waals surface area (Å²) in [5, 5.41) is 0. The van der Waals surface area contributed by atoms with Gasteiger partial charge in [-0.25, -0.2) is 4.55 Å². The molecule has 0 fully saturated rings. The summed E-state index contributed by atoms with van der Waals surface area (Å²) in [6.07, 6.45) is 1.99. The first-order valence-electron chi connectivity index (χ1n) is 3.12. The lowest BCUT2D eigenvalue weighted by atomic mass is 10.2. The Kier molecular flexibility index (Phi) is 5.07. The maximum atomic E-state index is 8.86. The Morgan fingerprint density at radius 2 is 2.10 bits per heavy atom. The summed E-state index contributed by atoms with van der Waals surface area (Å²) in [5.74, 6) is 0. The molecule has 0 unspecified atom stereocenters. The molecule has 0 radical (unpaired) electrons. The smallest absolute Gasteiger partial charge is 0.178 e. The summed E-state index contributed by atoms with van der Waals surface area (Å²) in [5.41, 5.74) is 0. The normalized spacial score (nSPS) is 16.9. The van der Waals surface area contributed by atoms with Crippen LogP contribution >= 0.6 is 30.4 Å². The number of aliphatic hydroxyl groups is 1. The average Bonchev–Trinajstić information content (AvgIpc) is 1.59. The predicted molar refractivity (Wildman–Crippen MR) is 48.5 cm³/mol. The van der Waals surface area contributed by atoms with Gasteiger partial charge in [0, 0.05) is 13.3 Å². The Balaban J connectivity index is 3.47. The molecule has 2 N–H and O–H groups in total. The Labute approximate surface area is 72.2 Å². The molecule has 0 aliphatic carbocycles. The van der Waals surface area contributed by atoms with Crippen molar-refractivity contribution in [2.45, 2.75) is 32.8 Å². The van der Waals surface area contributed by atoms with Gasteiger partial charge in [0.25, 0.3) is 0 Å². The third kappa shape index (κ3) is 6.96. The summed E-state index contributed by atoms with van der Waals surface area (Å²) in [7, 11) is 7.93. The molecule has 0 spiro atoms. The van der Waals surface area contributed by atoms with E-state index < -0.39 is 9.02 Å². The van der Waals surface area contributed by atoms with Crippen LogP contribution in [0.15, 0.2) is 0 Å². The third-order valence-electron chi connectivity index (χ3n) is 1.01. The lowest BCUT2D eigenvalue weighted by Crippen LogP contribution is -2.11. The van der Waals surface area contributed by atoms with E-state index in [4.69, 9.17) is 25.9 Å². The molecule has 0 amide bonds. The molecular weight excluding hydrogens is 195 g/mol. The van der Waals surface area contributed by atoms with E-state index in [9.17, 15) is 0 Å². The van der Waals surface area contributed by atoms with Crippen LogP contribution in [-0.4, -0.2) is 14.8 Å². The molecule has 10 heavy (non-hydrogen) atoms. The van der Waals surface area contributed by atoms with Gasteiger partial charge in [0.05, 0.1) is 30.4 Å². The molecule has 0 aromatic carbocycles. The largest absolute Gasteiger partial charge is 0.288 e. The van der Waals surface area contributed by atoms with Gasteiger partial charge in [-0.05, 0) is 6.42 Å². The highest BCUT2D eigenvalue weighted by Crippen LogP contribution is 2.53. The van der Waals surface area contributed by atoms with Crippen LogP contribution in [0.5, 0.6) is 0 Å². The fourth-order valence-electron chi connectivity index (χ4n) is 0.687. The van der Waals surface area contributed by atoms with E-state index in [1.54, 1.807) is 0 Å². The lowest BCUT2D eigenvalue weighted by molar-refractivity contribution is 0.0750. The van der Waals surface area contributed by atoms with Crippen LogP contribution in [0.4, 0.5) is 0 Å². The van der Waals surface area contributed by atoms with E-state index in [1.165, 1.54) is 0 Å². The zero-order valence-electron chi connectivity index (χ0n) is 6.05. The summed E-state index contributed by atoms with van der Waals surface area (Å²) in [4.78, 5) is 0. The van der Waals surface area contributed by atoms with Crippen molar-refractivity contribution in [2.75, 3.05) is 0 Å². The van der Waals surface area contributed by atoms with Gasteiger partial charge in [0.15, 0.2) is 6.10 Å². The lowest BCUT2D eigenvalue weighted by Gasteiger charge is -2.19. The summed E-state index contributed by atoms with van der Waals surface area (Å²) in [6.45, 7) is 3.93. The molecule has 64 valence electrons. The molecule has 1 atom stereocenters. The Morgan fingerprint density at radius 1 is 1.60 bits per heavy atom. The highest BCUT2D eigenvalue weighted by Gasteiger charge is 2.18. The van der Waals surface area contributed by atoms with Crippen LogP contribution in [-0.2, 0) is 0 Å². The molecule has 0 rings (SSSR count). The van der Waals surface area contributed by atoms with Crippen LogP contribution in [0.2, 0.25) is 0 Å². The van der Waals surface area contributed by atoms with Crippen LogP contribution < -0.4 is 0 Å². The second-order valence-electron chi connectivity index (χ2n) is 2.16. The number of rotatable bonds is 4. The highest BCUT2D eigenvalue weighted by atomic mass is 36.0. The molecule has 2 nitrogen and oxygen atoms in total. The summed E-state index contributed by atoms with van der Waals surface area (Å²) in [6, 6.07) is 0. The zero-order valence-corrected chi connectivity index (χ0v) is 8.38. The van der Waals surface area contributed by atoms with Crippen molar-refractivity contribution >= 4 is 30.4 Å². The van der Waals surface area contributed by atoms with E-state index in [1.807, 2.05) is 13.8 Å². The van der Waals surface area contributed by atoms with Gasteiger partial charge in [-0.2, -0.15) is 0 Å². The van der Waals surface area contributed by atoms with E-state index in [-0.39, 0.29) is 6.10 Å². The van der Waals surface area contributed by atoms with Crippen molar-refractivity contribution in [2.24, 2.45) is 0 Å². The van der Waals surface area contributed by atoms with Crippen LogP contribution in [0.1, 0.15) is 26.7 Å². The second-order valence-corrected chi connectivity index (χ2v) is 6.26. The predicted octanol–water partition coefficient (Wildman–Crippen LogP) is 3.20. The van der Waals surface area contributed by atoms with E-state index in [2.05, 4.69) is 4.18 Å².